The molecule has 0 aliphatic heterocycles. The van der Waals surface area contributed by atoms with Crippen molar-refractivity contribution in [3.8, 4) is 11.4 Å². The van der Waals surface area contributed by atoms with Gasteiger partial charge in [-0.05, 0) is 40.8 Å². The van der Waals surface area contributed by atoms with Crippen molar-refractivity contribution in [2.24, 2.45) is 0 Å². The van der Waals surface area contributed by atoms with Gasteiger partial charge in [0.1, 0.15) is 5.15 Å². The molecule has 2 aromatic rings. The summed E-state index contributed by atoms with van der Waals surface area (Å²) in [5, 5.41) is 1.43. The van der Waals surface area contributed by atoms with Gasteiger partial charge in [0.05, 0.1) is 19.3 Å². The number of halogens is 4. The van der Waals surface area contributed by atoms with Crippen LogP contribution in [0, 0.1) is 3.57 Å². The van der Waals surface area contributed by atoms with Gasteiger partial charge in [-0.25, -0.2) is 9.97 Å². The highest BCUT2D eigenvalue weighted by Gasteiger charge is 2.23. The molecule has 0 unspecified atom stereocenters. The van der Waals surface area contributed by atoms with Gasteiger partial charge in [0, 0.05) is 11.0 Å². The molecule has 0 saturated carbocycles. The Hall–Kier alpha value is -0.100. The number of hydrogen-bond acceptors (Lipinski definition) is 2. The van der Waals surface area contributed by atoms with Gasteiger partial charge in [-0.3, -0.25) is 0 Å². The molecule has 0 fully saturated rings. The van der Waals surface area contributed by atoms with Crippen molar-refractivity contribution in [3.63, 3.8) is 0 Å². The van der Waals surface area contributed by atoms with Crippen LogP contribution in [0.25, 0.3) is 11.4 Å². The third-order valence-corrected chi connectivity index (χ3v) is 5.05. The summed E-state index contributed by atoms with van der Waals surface area (Å²) in [6.07, 6.45) is 0. The zero-order chi connectivity index (χ0) is 15.1. The largest absolute Gasteiger partial charge is 0.231 e. The van der Waals surface area contributed by atoms with E-state index in [1.807, 2.05) is 6.07 Å². The van der Waals surface area contributed by atoms with E-state index in [9.17, 15) is 0 Å². The van der Waals surface area contributed by atoms with Gasteiger partial charge in [-0.15, -0.1) is 0 Å². The van der Waals surface area contributed by atoms with Crippen molar-refractivity contribution in [1.29, 1.82) is 0 Å². The first-order valence-electron chi connectivity index (χ1n) is 5.89. The molecule has 0 aliphatic rings. The fourth-order valence-electron chi connectivity index (χ4n) is 1.68. The smallest absolute Gasteiger partial charge is 0.161 e. The minimum atomic E-state index is -0.117. The minimum absolute atomic E-state index is 0.117. The van der Waals surface area contributed by atoms with Gasteiger partial charge >= 0.3 is 0 Å². The summed E-state index contributed by atoms with van der Waals surface area (Å²) in [5.74, 6) is 0.555. The lowest BCUT2D eigenvalue weighted by molar-refractivity contribution is 0.563. The van der Waals surface area contributed by atoms with E-state index in [2.05, 4.69) is 53.3 Å². The molecule has 1 aromatic carbocycles. The van der Waals surface area contributed by atoms with E-state index in [4.69, 9.17) is 34.8 Å². The first-order chi connectivity index (χ1) is 9.20. The molecule has 106 valence electrons. The minimum Gasteiger partial charge on any atom is -0.231 e. The van der Waals surface area contributed by atoms with E-state index in [1.54, 1.807) is 12.1 Å². The van der Waals surface area contributed by atoms with Gasteiger partial charge in [0.25, 0.3) is 0 Å². The Kier molecular flexibility index (Phi) is 4.84. The van der Waals surface area contributed by atoms with Crippen molar-refractivity contribution in [3.05, 3.63) is 42.7 Å². The highest BCUT2D eigenvalue weighted by molar-refractivity contribution is 14.1. The maximum Gasteiger partial charge on any atom is 0.161 e. The van der Waals surface area contributed by atoms with Crippen LogP contribution in [-0.2, 0) is 5.41 Å². The summed E-state index contributed by atoms with van der Waals surface area (Å²) >= 11 is 20.4. The molecule has 0 aliphatic carbocycles. The van der Waals surface area contributed by atoms with Crippen LogP contribution >= 0.6 is 57.4 Å². The zero-order valence-electron chi connectivity index (χ0n) is 11.1. The summed E-state index contributed by atoms with van der Waals surface area (Å²) in [5.41, 5.74) is 1.59. The average molecular weight is 442 g/mol. The van der Waals surface area contributed by atoms with Crippen LogP contribution in [0.4, 0.5) is 0 Å². The lowest BCUT2D eigenvalue weighted by Crippen LogP contribution is -2.17. The number of aromatic nitrogens is 2. The number of nitrogens with zero attached hydrogens (tertiary/aromatic N) is 2. The predicted molar refractivity (Wildman–Crippen MR) is 93.9 cm³/mol. The van der Waals surface area contributed by atoms with E-state index >= 15 is 0 Å². The first kappa shape index (κ1) is 16.3. The molecule has 0 saturated heterocycles. The van der Waals surface area contributed by atoms with Crippen molar-refractivity contribution in [1.82, 2.24) is 9.97 Å². The first-order valence-corrected chi connectivity index (χ1v) is 8.10. The van der Waals surface area contributed by atoms with Crippen molar-refractivity contribution in [2.75, 3.05) is 0 Å². The zero-order valence-corrected chi connectivity index (χ0v) is 15.6. The van der Waals surface area contributed by atoms with Crippen molar-refractivity contribution < 1.29 is 0 Å². The van der Waals surface area contributed by atoms with Crippen LogP contribution < -0.4 is 0 Å². The van der Waals surface area contributed by atoms with Crippen molar-refractivity contribution in [2.45, 2.75) is 26.2 Å². The van der Waals surface area contributed by atoms with E-state index < -0.39 is 0 Å². The highest BCUT2D eigenvalue weighted by atomic mass is 127. The van der Waals surface area contributed by atoms with Crippen LogP contribution in [0.1, 0.15) is 26.5 Å². The van der Waals surface area contributed by atoms with E-state index in [0.717, 1.165) is 14.8 Å². The molecule has 20 heavy (non-hydrogen) atoms. The number of benzene rings is 1. The summed E-state index contributed by atoms with van der Waals surface area (Å²) in [7, 11) is 0. The van der Waals surface area contributed by atoms with Crippen LogP contribution in [0.15, 0.2) is 18.2 Å². The van der Waals surface area contributed by atoms with Gasteiger partial charge in [-0.2, -0.15) is 0 Å². The lowest BCUT2D eigenvalue weighted by Gasteiger charge is -2.20. The quantitative estimate of drug-likeness (QED) is 0.400. The van der Waals surface area contributed by atoms with Crippen LogP contribution in [0.5, 0.6) is 0 Å². The lowest BCUT2D eigenvalue weighted by atomic mass is 9.92. The summed E-state index contributed by atoms with van der Waals surface area (Å²) in [6, 6.07) is 5.30. The average Bonchev–Trinajstić information content (AvgIpc) is 2.34. The molecular weight excluding hydrogens is 429 g/mol. The molecule has 0 N–H and O–H groups in total. The van der Waals surface area contributed by atoms with E-state index in [-0.39, 0.29) is 5.41 Å². The van der Waals surface area contributed by atoms with E-state index in [0.29, 0.717) is 21.0 Å². The Morgan fingerprint density at radius 2 is 1.65 bits per heavy atom. The third kappa shape index (κ3) is 3.38. The Balaban J connectivity index is 2.63. The molecule has 1 heterocycles. The number of hydrogen-bond donors (Lipinski definition) is 0. The summed E-state index contributed by atoms with van der Waals surface area (Å²) in [4.78, 5) is 8.97. The Bertz CT molecular complexity index is 666. The molecule has 2 nitrogen and oxygen atoms in total. The maximum atomic E-state index is 6.23. The van der Waals surface area contributed by atoms with Gasteiger partial charge in [0.2, 0.25) is 0 Å². The standard InChI is InChI=1S/C14H12Cl3IN2/c1-14(2,3)11-10(18)12(17)20-13(19-11)7-4-5-8(15)9(16)6-7/h4-6H,1-3H3. The highest BCUT2D eigenvalue weighted by Crippen LogP contribution is 2.33. The molecule has 1 aromatic heterocycles. The predicted octanol–water partition coefficient (Wildman–Crippen LogP) is 6.01. The van der Waals surface area contributed by atoms with Crippen LogP contribution in [0.3, 0.4) is 0 Å². The monoisotopic (exact) mass is 440 g/mol. The Morgan fingerprint density at radius 3 is 2.20 bits per heavy atom. The fraction of sp³-hybridized carbons (Fsp3) is 0.286. The third-order valence-electron chi connectivity index (χ3n) is 2.70. The Labute approximate surface area is 147 Å². The molecule has 0 radical (unpaired) electrons. The summed E-state index contributed by atoms with van der Waals surface area (Å²) < 4.78 is 0.876. The molecule has 6 heteroatoms. The van der Waals surface area contributed by atoms with Crippen molar-refractivity contribution >= 4 is 57.4 Å². The molecule has 0 bridgehead atoms. The summed E-state index contributed by atoms with van der Waals surface area (Å²) in [6.45, 7) is 6.27. The molecule has 0 spiro atoms. The van der Waals surface area contributed by atoms with E-state index in [1.165, 1.54) is 0 Å². The normalized spacial score (nSPS) is 11.8. The van der Waals surface area contributed by atoms with Crippen LogP contribution in [-0.4, -0.2) is 9.97 Å². The molecule has 0 amide bonds. The maximum absolute atomic E-state index is 6.23. The van der Waals surface area contributed by atoms with Gasteiger partial charge in [0.15, 0.2) is 5.82 Å². The molecule has 0 atom stereocenters. The molecule has 2 rings (SSSR count). The second-order valence-electron chi connectivity index (χ2n) is 5.38. The fourth-order valence-corrected chi connectivity index (χ4v) is 3.20. The topological polar surface area (TPSA) is 25.8 Å². The SMILES string of the molecule is CC(C)(C)c1nc(-c2ccc(Cl)c(Cl)c2)nc(Cl)c1I. The van der Waals surface area contributed by atoms with Gasteiger partial charge < -0.3 is 0 Å². The van der Waals surface area contributed by atoms with Gasteiger partial charge in [-0.1, -0.05) is 55.6 Å². The second kappa shape index (κ2) is 5.95. The number of rotatable bonds is 1. The molecular formula is C14H12Cl3IN2. The second-order valence-corrected chi connectivity index (χ2v) is 7.63. The van der Waals surface area contributed by atoms with Crippen LogP contribution in [0.2, 0.25) is 15.2 Å². The Morgan fingerprint density at radius 1 is 1.00 bits per heavy atom.